The molecular formula is C11H19N3O. The Hall–Kier alpha value is -0.870. The Balaban J connectivity index is 1.77. The molecular weight excluding hydrogens is 190 g/mol. The van der Waals surface area contributed by atoms with Gasteiger partial charge in [-0.05, 0) is 26.7 Å². The third-order valence-corrected chi connectivity index (χ3v) is 3.08. The molecule has 0 radical (unpaired) electrons. The highest BCUT2D eigenvalue weighted by molar-refractivity contribution is 5.22. The maximum Gasteiger partial charge on any atom is 0.0790 e. The summed E-state index contributed by atoms with van der Waals surface area (Å²) in [5.41, 5.74) is 6.44. The van der Waals surface area contributed by atoms with Crippen molar-refractivity contribution in [3.8, 4) is 0 Å². The number of hydrogen-bond donors (Lipinski definition) is 2. The summed E-state index contributed by atoms with van der Waals surface area (Å²) < 4.78 is 0. The molecule has 1 fully saturated rings. The number of aromatic amines is 1. The lowest BCUT2D eigenvalue weighted by atomic mass is 10.2. The van der Waals surface area contributed by atoms with E-state index >= 15 is 0 Å². The van der Waals surface area contributed by atoms with Crippen molar-refractivity contribution in [1.82, 2.24) is 15.7 Å². The molecule has 1 aliphatic rings. The van der Waals surface area contributed by atoms with Gasteiger partial charge in [0.15, 0.2) is 0 Å². The first-order valence-electron chi connectivity index (χ1n) is 5.66. The zero-order valence-electron chi connectivity index (χ0n) is 9.47. The van der Waals surface area contributed by atoms with Crippen molar-refractivity contribution in [2.24, 2.45) is 0 Å². The molecule has 4 heteroatoms. The average Bonchev–Trinajstić information content (AvgIpc) is 2.82. The molecule has 2 rings (SSSR count). The van der Waals surface area contributed by atoms with Crippen molar-refractivity contribution in [3.05, 3.63) is 17.0 Å². The first kappa shape index (κ1) is 10.6. The Bertz CT molecular complexity index is 296. The van der Waals surface area contributed by atoms with E-state index in [-0.39, 0.29) is 0 Å². The normalized spacial score (nSPS) is 17.5. The van der Waals surface area contributed by atoms with Crippen LogP contribution in [0.5, 0.6) is 0 Å². The quantitative estimate of drug-likeness (QED) is 0.746. The molecule has 84 valence electrons. The molecule has 0 unspecified atom stereocenters. The van der Waals surface area contributed by atoms with Gasteiger partial charge in [-0.2, -0.15) is 10.6 Å². The fraction of sp³-hybridized carbons (Fsp3) is 0.727. The predicted octanol–water partition coefficient (Wildman–Crippen LogP) is 1.99. The second-order valence-corrected chi connectivity index (χ2v) is 4.26. The largest absolute Gasteiger partial charge is 0.298 e. The van der Waals surface area contributed by atoms with E-state index in [1.54, 1.807) is 0 Å². The van der Waals surface area contributed by atoms with Crippen LogP contribution in [-0.4, -0.2) is 16.3 Å². The number of nitrogens with zero attached hydrogens (tertiary/aromatic N) is 1. The van der Waals surface area contributed by atoms with Crippen molar-refractivity contribution in [3.63, 3.8) is 0 Å². The first-order chi connectivity index (χ1) is 7.27. The van der Waals surface area contributed by atoms with Crippen LogP contribution in [0.1, 0.15) is 42.6 Å². The van der Waals surface area contributed by atoms with Crippen molar-refractivity contribution >= 4 is 0 Å². The lowest BCUT2D eigenvalue weighted by molar-refractivity contribution is -0.0245. The Morgan fingerprint density at radius 1 is 1.40 bits per heavy atom. The van der Waals surface area contributed by atoms with Gasteiger partial charge in [0, 0.05) is 17.8 Å². The molecule has 0 atom stereocenters. The van der Waals surface area contributed by atoms with Gasteiger partial charge in [-0.3, -0.25) is 9.94 Å². The van der Waals surface area contributed by atoms with Gasteiger partial charge in [-0.25, -0.2) is 0 Å². The van der Waals surface area contributed by atoms with Crippen LogP contribution in [0.25, 0.3) is 0 Å². The maximum absolute atomic E-state index is 5.59. The van der Waals surface area contributed by atoms with Crippen LogP contribution < -0.4 is 5.48 Å². The van der Waals surface area contributed by atoms with Crippen LogP contribution in [-0.2, 0) is 11.4 Å². The van der Waals surface area contributed by atoms with E-state index in [9.17, 15) is 0 Å². The highest BCUT2D eigenvalue weighted by Gasteiger charge is 2.15. The fourth-order valence-corrected chi connectivity index (χ4v) is 2.07. The number of hydrogen-bond acceptors (Lipinski definition) is 3. The van der Waals surface area contributed by atoms with Crippen molar-refractivity contribution in [2.75, 3.05) is 0 Å². The summed E-state index contributed by atoms with van der Waals surface area (Å²) in [6, 6.07) is 0. The first-order valence-corrected chi connectivity index (χ1v) is 5.66. The zero-order valence-corrected chi connectivity index (χ0v) is 9.47. The maximum atomic E-state index is 5.59. The molecule has 1 aromatic rings. The molecule has 0 aliphatic heterocycles. The van der Waals surface area contributed by atoms with Gasteiger partial charge in [0.05, 0.1) is 11.8 Å². The molecule has 0 bridgehead atoms. The Kier molecular flexibility index (Phi) is 3.38. The van der Waals surface area contributed by atoms with Gasteiger partial charge in [0.2, 0.25) is 0 Å². The summed E-state index contributed by atoms with van der Waals surface area (Å²) >= 11 is 0. The second-order valence-electron chi connectivity index (χ2n) is 4.26. The van der Waals surface area contributed by atoms with Crippen molar-refractivity contribution in [2.45, 2.75) is 52.2 Å². The van der Waals surface area contributed by atoms with E-state index < -0.39 is 0 Å². The minimum atomic E-state index is 0.414. The number of hydroxylamine groups is 1. The number of aryl methyl sites for hydroxylation is 2. The molecule has 1 aliphatic carbocycles. The lowest BCUT2D eigenvalue weighted by Gasteiger charge is -2.11. The van der Waals surface area contributed by atoms with Crippen LogP contribution in [0.15, 0.2) is 0 Å². The Morgan fingerprint density at radius 3 is 2.73 bits per heavy atom. The predicted molar refractivity (Wildman–Crippen MR) is 58.2 cm³/mol. The number of nitrogens with one attached hydrogen (secondary N) is 2. The summed E-state index contributed by atoms with van der Waals surface area (Å²) in [6.07, 6.45) is 5.40. The number of H-pyrrole nitrogens is 1. The molecule has 0 spiro atoms. The molecule has 1 aromatic heterocycles. The van der Waals surface area contributed by atoms with Crippen LogP contribution in [0.4, 0.5) is 0 Å². The molecule has 0 saturated heterocycles. The van der Waals surface area contributed by atoms with Gasteiger partial charge in [-0.1, -0.05) is 12.8 Å². The van der Waals surface area contributed by atoms with E-state index in [1.807, 2.05) is 13.8 Å². The number of aromatic nitrogens is 2. The molecule has 0 amide bonds. The molecule has 4 nitrogen and oxygen atoms in total. The van der Waals surface area contributed by atoms with E-state index in [2.05, 4.69) is 15.7 Å². The summed E-state index contributed by atoms with van der Waals surface area (Å²) in [4.78, 5) is 5.59. The van der Waals surface area contributed by atoms with E-state index in [0.717, 1.165) is 17.9 Å². The van der Waals surface area contributed by atoms with Gasteiger partial charge in [0.25, 0.3) is 0 Å². The van der Waals surface area contributed by atoms with Crippen LogP contribution in [0.2, 0.25) is 0 Å². The molecule has 0 aromatic carbocycles. The summed E-state index contributed by atoms with van der Waals surface area (Å²) in [6.45, 7) is 4.79. The second kappa shape index (κ2) is 4.77. The van der Waals surface area contributed by atoms with Crippen LogP contribution in [0.3, 0.4) is 0 Å². The summed E-state index contributed by atoms with van der Waals surface area (Å²) in [7, 11) is 0. The molecule has 15 heavy (non-hydrogen) atoms. The van der Waals surface area contributed by atoms with Crippen LogP contribution in [0, 0.1) is 13.8 Å². The third-order valence-electron chi connectivity index (χ3n) is 3.08. The highest BCUT2D eigenvalue weighted by atomic mass is 16.7. The van der Waals surface area contributed by atoms with Gasteiger partial charge >= 0.3 is 0 Å². The third kappa shape index (κ3) is 2.58. The monoisotopic (exact) mass is 209 g/mol. The van der Waals surface area contributed by atoms with Gasteiger partial charge in [0.1, 0.15) is 0 Å². The Morgan fingerprint density at radius 2 is 2.13 bits per heavy atom. The van der Waals surface area contributed by atoms with Crippen LogP contribution >= 0.6 is 0 Å². The SMILES string of the molecule is Cc1n[nH]c(C)c1CNOC1CCCC1. The standard InChI is InChI=1S/C11H19N3O/c1-8-11(9(2)14-13-8)7-12-15-10-5-3-4-6-10/h10,12H,3-7H2,1-2H3,(H,13,14). The smallest absolute Gasteiger partial charge is 0.0790 e. The van der Waals surface area contributed by atoms with E-state index in [1.165, 1.54) is 31.2 Å². The zero-order chi connectivity index (χ0) is 10.7. The van der Waals surface area contributed by atoms with E-state index in [4.69, 9.17) is 4.84 Å². The fourth-order valence-electron chi connectivity index (χ4n) is 2.07. The van der Waals surface area contributed by atoms with Crippen molar-refractivity contribution in [1.29, 1.82) is 0 Å². The van der Waals surface area contributed by atoms with E-state index in [0.29, 0.717) is 6.10 Å². The highest BCUT2D eigenvalue weighted by Crippen LogP contribution is 2.20. The summed E-state index contributed by atoms with van der Waals surface area (Å²) in [5.74, 6) is 0. The molecule has 1 saturated carbocycles. The Labute approximate surface area is 90.4 Å². The topological polar surface area (TPSA) is 49.9 Å². The van der Waals surface area contributed by atoms with Gasteiger partial charge < -0.3 is 0 Å². The minimum Gasteiger partial charge on any atom is -0.298 e. The van der Waals surface area contributed by atoms with Gasteiger partial charge in [-0.15, -0.1) is 0 Å². The summed E-state index contributed by atoms with van der Waals surface area (Å²) in [5, 5.41) is 7.12. The average molecular weight is 209 g/mol. The minimum absolute atomic E-state index is 0.414. The lowest BCUT2D eigenvalue weighted by Crippen LogP contribution is -2.21. The number of rotatable bonds is 4. The molecule has 1 heterocycles. The molecule has 2 N–H and O–H groups in total. The van der Waals surface area contributed by atoms with Crippen molar-refractivity contribution < 1.29 is 4.84 Å².